The van der Waals surface area contributed by atoms with Crippen LogP contribution in [0.3, 0.4) is 0 Å². The molecule has 9 heteroatoms. The number of likely N-dealkylation sites (tertiary alicyclic amines) is 1. The van der Waals surface area contributed by atoms with Crippen LogP contribution in [0, 0.1) is 0 Å². The van der Waals surface area contributed by atoms with Gasteiger partial charge in [-0.3, -0.25) is 9.59 Å². The number of ether oxygens (including phenoxy) is 1. The summed E-state index contributed by atoms with van der Waals surface area (Å²) in [5, 5.41) is 5.91. The Bertz CT molecular complexity index is 1110. The minimum atomic E-state index is -0.829. The van der Waals surface area contributed by atoms with Crippen LogP contribution in [0.4, 0.5) is 4.79 Å². The van der Waals surface area contributed by atoms with E-state index in [9.17, 15) is 14.4 Å². The van der Waals surface area contributed by atoms with Crippen LogP contribution in [-0.4, -0.2) is 71.5 Å². The number of piperidine rings is 1. The van der Waals surface area contributed by atoms with Crippen LogP contribution in [0.15, 0.2) is 60.7 Å². The number of hydrogen-bond acceptors (Lipinski definition) is 5. The van der Waals surface area contributed by atoms with E-state index in [4.69, 9.17) is 4.74 Å². The van der Waals surface area contributed by atoms with Crippen molar-refractivity contribution in [3.8, 4) is 0 Å². The molecule has 0 radical (unpaired) electrons. The molecule has 2 aromatic carbocycles. The second-order valence-electron chi connectivity index (χ2n) is 11.0. The normalized spacial score (nSPS) is 19.3. The zero-order valence-corrected chi connectivity index (χ0v) is 25.2. The van der Waals surface area contributed by atoms with E-state index in [1.54, 1.807) is 0 Å². The van der Waals surface area contributed by atoms with Crippen LogP contribution < -0.4 is 10.6 Å². The molecule has 0 saturated carbocycles. The zero-order chi connectivity index (χ0) is 28.4. The van der Waals surface area contributed by atoms with Gasteiger partial charge in [0.15, 0.2) is 0 Å². The second kappa shape index (κ2) is 15.8. The van der Waals surface area contributed by atoms with Crippen molar-refractivity contribution in [2.45, 2.75) is 83.0 Å². The maximum atomic E-state index is 13.9. The Morgan fingerprint density at radius 1 is 0.976 bits per heavy atom. The number of hydrogen-bond donors (Lipinski definition) is 2. The van der Waals surface area contributed by atoms with Gasteiger partial charge in [0.1, 0.15) is 18.2 Å². The highest BCUT2D eigenvalue weighted by atomic mass is 35.5. The molecule has 224 valence electrons. The summed E-state index contributed by atoms with van der Waals surface area (Å²) in [5.74, 6) is -0.212. The van der Waals surface area contributed by atoms with Gasteiger partial charge < -0.3 is 25.2 Å². The zero-order valence-electron chi connectivity index (χ0n) is 24.3. The minimum Gasteiger partial charge on any atom is -0.445 e. The van der Waals surface area contributed by atoms with Crippen molar-refractivity contribution in [3.63, 3.8) is 0 Å². The lowest BCUT2D eigenvalue weighted by Crippen LogP contribution is -2.75. The third-order valence-corrected chi connectivity index (χ3v) is 8.19. The number of piperazine rings is 1. The van der Waals surface area contributed by atoms with Crippen LogP contribution in [-0.2, 0) is 27.4 Å². The van der Waals surface area contributed by atoms with Crippen molar-refractivity contribution in [1.82, 2.24) is 20.4 Å². The molecular formula is C32H45ClN4O4. The van der Waals surface area contributed by atoms with E-state index in [0.29, 0.717) is 25.8 Å². The molecule has 0 aliphatic carbocycles. The first-order chi connectivity index (χ1) is 19.5. The lowest BCUT2D eigenvalue weighted by molar-refractivity contribution is -0.162. The molecule has 3 amide bonds. The molecule has 2 fully saturated rings. The maximum absolute atomic E-state index is 13.9. The van der Waals surface area contributed by atoms with Crippen molar-refractivity contribution in [1.29, 1.82) is 0 Å². The van der Waals surface area contributed by atoms with Gasteiger partial charge in [-0.2, -0.15) is 0 Å². The lowest BCUT2D eigenvalue weighted by atomic mass is 9.80. The van der Waals surface area contributed by atoms with E-state index in [2.05, 4.69) is 39.8 Å². The average Bonchev–Trinajstić information content (AvgIpc) is 2.98. The molecule has 4 rings (SSSR count). The minimum absolute atomic E-state index is 0. The van der Waals surface area contributed by atoms with Crippen molar-refractivity contribution in [2.75, 3.05) is 26.2 Å². The Labute approximate surface area is 250 Å². The first kappa shape index (κ1) is 32.4. The SMILES string of the molecule is CCC[C@@H](NC(=O)OCc1ccccc1)[C@H]1NC(=O)C2(CCN(CCCc3ccccc3)CC2)N(CCC)C1=O.Cl. The van der Waals surface area contributed by atoms with E-state index in [1.165, 1.54) is 5.56 Å². The van der Waals surface area contributed by atoms with Crippen LogP contribution in [0.1, 0.15) is 63.5 Å². The largest absolute Gasteiger partial charge is 0.445 e. The Morgan fingerprint density at radius 3 is 2.22 bits per heavy atom. The van der Waals surface area contributed by atoms with Gasteiger partial charge in [0.25, 0.3) is 0 Å². The Morgan fingerprint density at radius 2 is 1.61 bits per heavy atom. The fourth-order valence-corrected chi connectivity index (χ4v) is 6.00. The molecule has 2 aromatic rings. The summed E-state index contributed by atoms with van der Waals surface area (Å²) in [7, 11) is 0. The van der Waals surface area contributed by atoms with Gasteiger partial charge in [-0.1, -0.05) is 80.9 Å². The molecule has 2 saturated heterocycles. The van der Waals surface area contributed by atoms with Gasteiger partial charge in [-0.25, -0.2) is 4.79 Å². The summed E-state index contributed by atoms with van der Waals surface area (Å²) in [6.45, 7) is 7.23. The van der Waals surface area contributed by atoms with Crippen LogP contribution in [0.5, 0.6) is 0 Å². The van der Waals surface area contributed by atoms with Crippen molar-refractivity contribution >= 4 is 30.3 Å². The van der Waals surface area contributed by atoms with E-state index < -0.39 is 23.7 Å². The molecule has 8 nitrogen and oxygen atoms in total. The van der Waals surface area contributed by atoms with Crippen LogP contribution >= 0.6 is 12.4 Å². The number of benzene rings is 2. The summed E-state index contributed by atoms with van der Waals surface area (Å²) in [4.78, 5) is 44.6. The van der Waals surface area contributed by atoms with Gasteiger partial charge in [0.05, 0.1) is 6.04 Å². The number of aryl methyl sites for hydroxylation is 1. The Kier molecular flexibility index (Phi) is 12.5. The topological polar surface area (TPSA) is 91.0 Å². The highest BCUT2D eigenvalue weighted by molar-refractivity contribution is 6.00. The number of carbonyl (C=O) groups excluding carboxylic acids is 3. The van der Waals surface area contributed by atoms with E-state index in [1.807, 2.05) is 55.1 Å². The molecular weight excluding hydrogens is 540 g/mol. The van der Waals surface area contributed by atoms with Gasteiger partial charge in [0, 0.05) is 19.6 Å². The number of carbonyl (C=O) groups is 3. The second-order valence-corrected chi connectivity index (χ2v) is 11.0. The molecule has 1 spiro atoms. The smallest absolute Gasteiger partial charge is 0.407 e. The molecule has 0 aromatic heterocycles. The summed E-state index contributed by atoms with van der Waals surface area (Å²) < 4.78 is 5.42. The Hall–Kier alpha value is -3.10. The van der Waals surface area contributed by atoms with Crippen LogP contribution in [0.2, 0.25) is 0 Å². The van der Waals surface area contributed by atoms with Crippen molar-refractivity contribution < 1.29 is 19.1 Å². The van der Waals surface area contributed by atoms with E-state index >= 15 is 0 Å². The standard InChI is InChI=1S/C32H44N4O4.ClH/c1-3-12-27(33-31(39)40-24-26-15-9-6-10-16-26)28-29(37)36(20-4-2)32(30(38)34-28)18-22-35(23-19-32)21-11-17-25-13-7-5-8-14-25;/h5-10,13-16,27-28H,3-4,11-12,17-24H2,1-2H3,(H,33,39)(H,34,38);1H/t27-,28-;/m1./s1. The monoisotopic (exact) mass is 584 g/mol. The fourth-order valence-electron chi connectivity index (χ4n) is 6.00. The van der Waals surface area contributed by atoms with Gasteiger partial charge in [-0.05, 0) is 56.2 Å². The highest BCUT2D eigenvalue weighted by Crippen LogP contribution is 2.34. The average molecular weight is 585 g/mol. The molecule has 2 N–H and O–H groups in total. The number of alkyl carbamates (subject to hydrolysis) is 1. The summed E-state index contributed by atoms with van der Waals surface area (Å²) in [6.07, 6.45) is 4.81. The number of amides is 3. The van der Waals surface area contributed by atoms with Gasteiger partial charge in [-0.15, -0.1) is 12.4 Å². The molecule has 2 heterocycles. The number of nitrogens with zero attached hydrogens (tertiary/aromatic N) is 2. The molecule has 2 atom stereocenters. The predicted molar refractivity (Wildman–Crippen MR) is 163 cm³/mol. The third kappa shape index (κ3) is 8.23. The first-order valence-electron chi connectivity index (χ1n) is 14.8. The van der Waals surface area contributed by atoms with Crippen molar-refractivity contribution in [2.24, 2.45) is 0 Å². The van der Waals surface area contributed by atoms with Crippen molar-refractivity contribution in [3.05, 3.63) is 71.8 Å². The van der Waals surface area contributed by atoms with Gasteiger partial charge in [0.2, 0.25) is 11.8 Å². The maximum Gasteiger partial charge on any atom is 0.407 e. The highest BCUT2D eigenvalue weighted by Gasteiger charge is 2.54. The molecule has 0 unspecified atom stereocenters. The quantitative estimate of drug-likeness (QED) is 0.377. The number of nitrogens with one attached hydrogen (secondary N) is 2. The number of halogens is 1. The summed E-state index contributed by atoms with van der Waals surface area (Å²) in [5.41, 5.74) is 1.39. The molecule has 41 heavy (non-hydrogen) atoms. The van der Waals surface area contributed by atoms with Crippen LogP contribution in [0.25, 0.3) is 0 Å². The van der Waals surface area contributed by atoms with Gasteiger partial charge >= 0.3 is 6.09 Å². The predicted octanol–water partition coefficient (Wildman–Crippen LogP) is 4.71. The molecule has 2 aliphatic heterocycles. The summed E-state index contributed by atoms with van der Waals surface area (Å²) >= 11 is 0. The first-order valence-corrected chi connectivity index (χ1v) is 14.8. The third-order valence-electron chi connectivity index (χ3n) is 8.19. The fraction of sp³-hybridized carbons (Fsp3) is 0.531. The molecule has 0 bridgehead atoms. The lowest BCUT2D eigenvalue weighted by Gasteiger charge is -2.52. The van der Waals surface area contributed by atoms with E-state index in [0.717, 1.165) is 50.9 Å². The Balaban J connectivity index is 0.00000462. The summed E-state index contributed by atoms with van der Waals surface area (Å²) in [6, 6.07) is 18.6. The number of rotatable bonds is 12. The molecule has 2 aliphatic rings. The van der Waals surface area contributed by atoms with E-state index in [-0.39, 0.29) is 30.8 Å².